The fourth-order valence-corrected chi connectivity index (χ4v) is 1.82. The number of rotatable bonds is 5. The highest BCUT2D eigenvalue weighted by molar-refractivity contribution is 6.42. The van der Waals surface area contributed by atoms with Crippen LogP contribution in [0.5, 0.6) is 0 Å². The monoisotopic (exact) mass is 274 g/mol. The van der Waals surface area contributed by atoms with Crippen LogP contribution in [0.4, 0.5) is 0 Å². The Labute approximate surface area is 114 Å². The first-order valence-corrected chi connectivity index (χ1v) is 6.54. The zero-order valence-corrected chi connectivity index (χ0v) is 12.1. The predicted molar refractivity (Wildman–Crippen MR) is 75.9 cm³/mol. The first-order valence-electron chi connectivity index (χ1n) is 5.79. The summed E-state index contributed by atoms with van der Waals surface area (Å²) in [7, 11) is 0. The van der Waals surface area contributed by atoms with E-state index in [1.807, 2.05) is 12.1 Å². The van der Waals surface area contributed by atoms with E-state index in [9.17, 15) is 0 Å². The highest BCUT2D eigenvalue weighted by Crippen LogP contribution is 2.25. The van der Waals surface area contributed by atoms with Crippen LogP contribution in [-0.2, 0) is 6.54 Å². The maximum absolute atomic E-state index is 6.09. The lowest BCUT2D eigenvalue weighted by Gasteiger charge is -2.20. The molecule has 0 amide bonds. The molecule has 0 unspecified atom stereocenters. The Balaban J connectivity index is 2.29. The standard InChI is InChI=1S/C13H20Cl2N2/c1-13(2,3)17-8-7-16-9-10-5-4-6-11(14)12(10)15/h4-6,16-17H,7-9H2,1-3H3. The van der Waals surface area contributed by atoms with Gasteiger partial charge in [0.25, 0.3) is 0 Å². The van der Waals surface area contributed by atoms with E-state index in [0.717, 1.165) is 25.2 Å². The van der Waals surface area contributed by atoms with E-state index >= 15 is 0 Å². The second-order valence-electron chi connectivity index (χ2n) is 5.07. The minimum Gasteiger partial charge on any atom is -0.311 e. The zero-order valence-electron chi connectivity index (χ0n) is 10.6. The van der Waals surface area contributed by atoms with Crippen molar-refractivity contribution in [2.24, 2.45) is 0 Å². The van der Waals surface area contributed by atoms with E-state index < -0.39 is 0 Å². The molecule has 0 saturated carbocycles. The van der Waals surface area contributed by atoms with Gasteiger partial charge in [0.2, 0.25) is 0 Å². The molecule has 96 valence electrons. The summed E-state index contributed by atoms with van der Waals surface area (Å²) in [6.07, 6.45) is 0. The Hall–Kier alpha value is -0.280. The normalized spacial score (nSPS) is 11.8. The van der Waals surface area contributed by atoms with Crippen LogP contribution >= 0.6 is 23.2 Å². The SMILES string of the molecule is CC(C)(C)NCCNCc1cccc(Cl)c1Cl. The minimum atomic E-state index is 0.162. The predicted octanol–water partition coefficient (Wildman–Crippen LogP) is 3.47. The molecule has 0 aliphatic carbocycles. The highest BCUT2D eigenvalue weighted by atomic mass is 35.5. The molecule has 2 N–H and O–H groups in total. The lowest BCUT2D eigenvalue weighted by molar-refractivity contribution is 0.421. The summed E-state index contributed by atoms with van der Waals surface area (Å²) in [6, 6.07) is 5.70. The van der Waals surface area contributed by atoms with Crippen molar-refractivity contribution in [3.8, 4) is 0 Å². The molecule has 0 aromatic heterocycles. The average molecular weight is 275 g/mol. The molecule has 0 atom stereocenters. The molecule has 0 saturated heterocycles. The summed E-state index contributed by atoms with van der Waals surface area (Å²) in [6.45, 7) is 9.04. The second-order valence-corrected chi connectivity index (χ2v) is 5.85. The van der Waals surface area contributed by atoms with Crippen LogP contribution in [0.15, 0.2) is 18.2 Å². The number of hydrogen-bond acceptors (Lipinski definition) is 2. The molecule has 0 aliphatic rings. The van der Waals surface area contributed by atoms with Crippen LogP contribution in [-0.4, -0.2) is 18.6 Å². The maximum atomic E-state index is 6.09. The van der Waals surface area contributed by atoms with E-state index in [-0.39, 0.29) is 5.54 Å². The Kier molecular flexibility index (Phi) is 5.74. The molecule has 0 radical (unpaired) electrons. The first kappa shape index (κ1) is 14.8. The molecule has 1 rings (SSSR count). The van der Waals surface area contributed by atoms with Crippen LogP contribution < -0.4 is 10.6 Å². The van der Waals surface area contributed by atoms with Crippen molar-refractivity contribution in [3.05, 3.63) is 33.8 Å². The van der Waals surface area contributed by atoms with Gasteiger partial charge >= 0.3 is 0 Å². The van der Waals surface area contributed by atoms with E-state index in [0.29, 0.717) is 10.0 Å². The van der Waals surface area contributed by atoms with Gasteiger partial charge in [-0.05, 0) is 32.4 Å². The third kappa shape index (κ3) is 5.73. The molecule has 0 heterocycles. The quantitative estimate of drug-likeness (QED) is 0.804. The van der Waals surface area contributed by atoms with E-state index in [1.165, 1.54) is 0 Å². The van der Waals surface area contributed by atoms with Gasteiger partial charge in [-0.1, -0.05) is 35.3 Å². The summed E-state index contributed by atoms with van der Waals surface area (Å²) >= 11 is 12.0. The van der Waals surface area contributed by atoms with Crippen molar-refractivity contribution in [3.63, 3.8) is 0 Å². The van der Waals surface area contributed by atoms with Gasteiger partial charge in [0.15, 0.2) is 0 Å². The molecular formula is C13H20Cl2N2. The van der Waals surface area contributed by atoms with E-state index in [4.69, 9.17) is 23.2 Å². The summed E-state index contributed by atoms with van der Waals surface area (Å²) < 4.78 is 0. The summed E-state index contributed by atoms with van der Waals surface area (Å²) in [5, 5.41) is 8.00. The van der Waals surface area contributed by atoms with Crippen molar-refractivity contribution >= 4 is 23.2 Å². The van der Waals surface area contributed by atoms with Gasteiger partial charge in [-0.2, -0.15) is 0 Å². The van der Waals surface area contributed by atoms with Crippen molar-refractivity contribution in [1.82, 2.24) is 10.6 Å². The molecular weight excluding hydrogens is 255 g/mol. The highest BCUT2D eigenvalue weighted by Gasteiger charge is 2.07. The van der Waals surface area contributed by atoms with Crippen LogP contribution in [0.2, 0.25) is 10.0 Å². The maximum Gasteiger partial charge on any atom is 0.0637 e. The van der Waals surface area contributed by atoms with Crippen LogP contribution in [0.1, 0.15) is 26.3 Å². The van der Waals surface area contributed by atoms with Crippen molar-refractivity contribution in [2.45, 2.75) is 32.9 Å². The van der Waals surface area contributed by atoms with Gasteiger partial charge in [0.05, 0.1) is 10.0 Å². The molecule has 17 heavy (non-hydrogen) atoms. The molecule has 0 fully saturated rings. The van der Waals surface area contributed by atoms with E-state index in [1.54, 1.807) is 6.07 Å². The summed E-state index contributed by atoms with van der Waals surface area (Å²) in [5.41, 5.74) is 1.20. The smallest absolute Gasteiger partial charge is 0.0637 e. The minimum absolute atomic E-state index is 0.162. The second kappa shape index (κ2) is 6.60. The topological polar surface area (TPSA) is 24.1 Å². The Morgan fingerprint density at radius 2 is 1.82 bits per heavy atom. The summed E-state index contributed by atoms with van der Waals surface area (Å²) in [5.74, 6) is 0. The number of nitrogens with one attached hydrogen (secondary N) is 2. The Morgan fingerprint density at radius 1 is 1.12 bits per heavy atom. The van der Waals surface area contributed by atoms with Gasteiger partial charge in [-0.15, -0.1) is 0 Å². The van der Waals surface area contributed by atoms with Crippen LogP contribution in [0.25, 0.3) is 0 Å². The summed E-state index contributed by atoms with van der Waals surface area (Å²) in [4.78, 5) is 0. The Morgan fingerprint density at radius 3 is 2.47 bits per heavy atom. The molecule has 1 aromatic rings. The number of halogens is 2. The third-order valence-corrected chi connectivity index (χ3v) is 3.16. The van der Waals surface area contributed by atoms with Crippen molar-refractivity contribution in [2.75, 3.05) is 13.1 Å². The van der Waals surface area contributed by atoms with Gasteiger partial charge < -0.3 is 10.6 Å². The Bertz CT molecular complexity index is 359. The van der Waals surface area contributed by atoms with Crippen molar-refractivity contribution < 1.29 is 0 Å². The van der Waals surface area contributed by atoms with Crippen LogP contribution in [0.3, 0.4) is 0 Å². The zero-order chi connectivity index (χ0) is 12.9. The van der Waals surface area contributed by atoms with Gasteiger partial charge in [-0.25, -0.2) is 0 Å². The third-order valence-electron chi connectivity index (χ3n) is 2.30. The van der Waals surface area contributed by atoms with E-state index in [2.05, 4.69) is 31.4 Å². The van der Waals surface area contributed by atoms with Crippen LogP contribution in [0, 0.1) is 0 Å². The molecule has 0 bridgehead atoms. The van der Waals surface area contributed by atoms with Crippen molar-refractivity contribution in [1.29, 1.82) is 0 Å². The lowest BCUT2D eigenvalue weighted by atomic mass is 10.1. The molecule has 1 aromatic carbocycles. The fraction of sp³-hybridized carbons (Fsp3) is 0.538. The largest absolute Gasteiger partial charge is 0.311 e. The molecule has 4 heteroatoms. The molecule has 0 aliphatic heterocycles. The average Bonchev–Trinajstić information content (AvgIpc) is 2.22. The molecule has 0 spiro atoms. The fourth-order valence-electron chi connectivity index (χ4n) is 1.43. The number of hydrogen-bond donors (Lipinski definition) is 2. The lowest BCUT2D eigenvalue weighted by Crippen LogP contribution is -2.40. The van der Waals surface area contributed by atoms with Gasteiger partial charge in [0.1, 0.15) is 0 Å². The molecule has 2 nitrogen and oxygen atoms in total. The first-order chi connectivity index (χ1) is 7.90. The van der Waals surface area contributed by atoms with Gasteiger partial charge in [0, 0.05) is 25.2 Å². The number of benzene rings is 1. The van der Waals surface area contributed by atoms with Gasteiger partial charge in [-0.3, -0.25) is 0 Å².